The smallest absolute Gasteiger partial charge is 0.170 e. The molecule has 1 aromatic heterocycles. The second kappa shape index (κ2) is 6.67. The fourth-order valence-electron chi connectivity index (χ4n) is 1.97. The lowest BCUT2D eigenvalue weighted by Crippen LogP contribution is -2.21. The average Bonchev–Trinajstić information content (AvgIpc) is 2.94. The topological polar surface area (TPSA) is 101 Å². The van der Waals surface area contributed by atoms with Crippen LogP contribution in [0, 0.1) is 0 Å². The summed E-state index contributed by atoms with van der Waals surface area (Å²) in [5.41, 5.74) is 7.34. The number of aromatic nitrogens is 3. The van der Waals surface area contributed by atoms with Gasteiger partial charge in [-0.25, -0.2) is 0 Å². The Morgan fingerprint density at radius 2 is 2.20 bits per heavy atom. The van der Waals surface area contributed by atoms with E-state index in [1.54, 1.807) is 6.33 Å². The van der Waals surface area contributed by atoms with Gasteiger partial charge in [-0.2, -0.15) is 0 Å². The molecule has 0 bridgehead atoms. The van der Waals surface area contributed by atoms with Crippen LogP contribution in [-0.2, 0) is 19.6 Å². The van der Waals surface area contributed by atoms with Crippen LogP contribution in [0.25, 0.3) is 0 Å². The third kappa shape index (κ3) is 3.12. The maximum Gasteiger partial charge on any atom is 0.170 e. The number of benzene rings is 1. The van der Waals surface area contributed by atoms with Crippen molar-refractivity contribution >= 4 is 5.84 Å². The molecule has 0 aliphatic heterocycles. The molecule has 0 aliphatic rings. The molecule has 0 fully saturated rings. The van der Waals surface area contributed by atoms with E-state index in [9.17, 15) is 0 Å². The van der Waals surface area contributed by atoms with Gasteiger partial charge in [0, 0.05) is 18.7 Å². The molecule has 0 aliphatic carbocycles. The largest absolute Gasteiger partial charge is 0.409 e. The summed E-state index contributed by atoms with van der Waals surface area (Å²) < 4.78 is 1.97. The lowest BCUT2D eigenvalue weighted by atomic mass is 10.1. The minimum absolute atomic E-state index is 0.110. The van der Waals surface area contributed by atoms with Crippen LogP contribution in [0.15, 0.2) is 35.7 Å². The fraction of sp³-hybridized carbons (Fsp3) is 0.308. The first-order valence-corrected chi connectivity index (χ1v) is 6.39. The van der Waals surface area contributed by atoms with E-state index in [0.717, 1.165) is 23.5 Å². The van der Waals surface area contributed by atoms with Crippen molar-refractivity contribution < 1.29 is 5.21 Å². The van der Waals surface area contributed by atoms with Crippen LogP contribution in [0.2, 0.25) is 0 Å². The van der Waals surface area contributed by atoms with Crippen molar-refractivity contribution in [2.45, 2.75) is 26.6 Å². The van der Waals surface area contributed by atoms with E-state index in [1.165, 1.54) is 0 Å². The number of hydrogen-bond donors (Lipinski definition) is 3. The van der Waals surface area contributed by atoms with Crippen LogP contribution in [0.3, 0.4) is 0 Å². The van der Waals surface area contributed by atoms with Crippen LogP contribution in [0.5, 0.6) is 0 Å². The van der Waals surface area contributed by atoms with Crippen molar-refractivity contribution in [2.24, 2.45) is 10.9 Å². The summed E-state index contributed by atoms with van der Waals surface area (Å²) >= 11 is 0. The Morgan fingerprint density at radius 3 is 2.95 bits per heavy atom. The van der Waals surface area contributed by atoms with Gasteiger partial charge in [-0.1, -0.05) is 29.4 Å². The number of rotatable bonds is 6. The van der Waals surface area contributed by atoms with Gasteiger partial charge in [0.2, 0.25) is 0 Å². The average molecular weight is 274 g/mol. The van der Waals surface area contributed by atoms with Gasteiger partial charge < -0.3 is 20.8 Å². The summed E-state index contributed by atoms with van der Waals surface area (Å²) in [6.45, 7) is 4.09. The Balaban J connectivity index is 2.01. The highest BCUT2D eigenvalue weighted by atomic mass is 16.4. The van der Waals surface area contributed by atoms with Gasteiger partial charge in [-0.05, 0) is 12.5 Å². The van der Waals surface area contributed by atoms with Crippen LogP contribution in [-0.4, -0.2) is 25.8 Å². The van der Waals surface area contributed by atoms with Crippen LogP contribution in [0.4, 0.5) is 0 Å². The van der Waals surface area contributed by atoms with E-state index in [-0.39, 0.29) is 5.84 Å². The third-order valence-electron chi connectivity index (χ3n) is 3.04. The van der Waals surface area contributed by atoms with Gasteiger partial charge >= 0.3 is 0 Å². The molecule has 0 saturated carbocycles. The number of amidine groups is 1. The molecule has 0 amide bonds. The zero-order valence-electron chi connectivity index (χ0n) is 11.3. The summed E-state index contributed by atoms with van der Waals surface area (Å²) in [4.78, 5) is 0. The van der Waals surface area contributed by atoms with E-state index in [0.29, 0.717) is 13.1 Å². The molecule has 7 heteroatoms. The molecule has 106 valence electrons. The number of nitrogens with two attached hydrogens (primary N) is 1. The molecule has 4 N–H and O–H groups in total. The van der Waals surface area contributed by atoms with Gasteiger partial charge in [0.15, 0.2) is 5.84 Å². The Bertz CT molecular complexity index is 592. The Morgan fingerprint density at radius 1 is 1.40 bits per heavy atom. The van der Waals surface area contributed by atoms with Crippen LogP contribution in [0.1, 0.15) is 23.9 Å². The zero-order chi connectivity index (χ0) is 14.4. The highest BCUT2D eigenvalue weighted by Crippen LogP contribution is 2.08. The Labute approximate surface area is 117 Å². The van der Waals surface area contributed by atoms with Gasteiger partial charge in [0.05, 0.1) is 6.54 Å². The fourth-order valence-corrected chi connectivity index (χ4v) is 1.97. The Kier molecular flexibility index (Phi) is 4.67. The molecule has 0 saturated heterocycles. The third-order valence-corrected chi connectivity index (χ3v) is 3.04. The first-order valence-electron chi connectivity index (χ1n) is 6.39. The first-order chi connectivity index (χ1) is 9.76. The molecular formula is C13H18N6O. The SMILES string of the molecule is CCn1cnnc1CNCc1ccccc1/C(N)=N/O. The van der Waals surface area contributed by atoms with E-state index >= 15 is 0 Å². The minimum atomic E-state index is 0.110. The zero-order valence-corrected chi connectivity index (χ0v) is 11.3. The van der Waals surface area contributed by atoms with Gasteiger partial charge in [0.25, 0.3) is 0 Å². The molecule has 0 unspecified atom stereocenters. The highest BCUT2D eigenvalue weighted by Gasteiger charge is 2.07. The van der Waals surface area contributed by atoms with Crippen LogP contribution < -0.4 is 11.1 Å². The van der Waals surface area contributed by atoms with E-state index in [4.69, 9.17) is 10.9 Å². The normalized spacial score (nSPS) is 11.8. The van der Waals surface area contributed by atoms with Crippen molar-refractivity contribution in [3.63, 3.8) is 0 Å². The first kappa shape index (κ1) is 14.0. The molecule has 20 heavy (non-hydrogen) atoms. The molecule has 2 aromatic rings. The monoisotopic (exact) mass is 274 g/mol. The van der Waals surface area contributed by atoms with Crippen LogP contribution >= 0.6 is 0 Å². The maximum atomic E-state index is 8.78. The maximum absolute atomic E-state index is 8.78. The van der Waals surface area contributed by atoms with E-state index < -0.39 is 0 Å². The predicted molar refractivity (Wildman–Crippen MR) is 75.2 cm³/mol. The molecule has 0 atom stereocenters. The van der Waals surface area contributed by atoms with Crippen molar-refractivity contribution in [3.8, 4) is 0 Å². The molecule has 1 aromatic carbocycles. The number of aryl methyl sites for hydroxylation is 1. The van der Waals surface area contributed by atoms with Crippen molar-refractivity contribution in [1.82, 2.24) is 20.1 Å². The highest BCUT2D eigenvalue weighted by molar-refractivity contribution is 5.98. The van der Waals surface area contributed by atoms with Crippen molar-refractivity contribution in [1.29, 1.82) is 0 Å². The molecule has 7 nitrogen and oxygen atoms in total. The van der Waals surface area contributed by atoms with Gasteiger partial charge in [0.1, 0.15) is 12.2 Å². The van der Waals surface area contributed by atoms with Gasteiger partial charge in [-0.3, -0.25) is 0 Å². The molecule has 0 radical (unpaired) electrons. The number of nitrogens with zero attached hydrogens (tertiary/aromatic N) is 4. The summed E-state index contributed by atoms with van der Waals surface area (Å²) in [6, 6.07) is 7.52. The standard InChI is InChI=1S/C13H18N6O/c1-2-19-9-16-17-12(19)8-15-7-10-5-3-4-6-11(10)13(14)18-20/h3-6,9,15,20H,2,7-8H2,1H3,(H2,14,18). The lowest BCUT2D eigenvalue weighted by Gasteiger charge is -2.09. The van der Waals surface area contributed by atoms with Gasteiger partial charge in [-0.15, -0.1) is 10.2 Å². The number of hydrogen-bond acceptors (Lipinski definition) is 5. The van der Waals surface area contributed by atoms with Crippen molar-refractivity contribution in [3.05, 3.63) is 47.5 Å². The van der Waals surface area contributed by atoms with E-state index in [2.05, 4.69) is 20.7 Å². The second-order valence-corrected chi connectivity index (χ2v) is 4.28. The van der Waals surface area contributed by atoms with E-state index in [1.807, 2.05) is 35.8 Å². The predicted octanol–water partition coefficient (Wildman–Crippen LogP) is 0.682. The Hall–Kier alpha value is -2.41. The second-order valence-electron chi connectivity index (χ2n) is 4.28. The number of oxime groups is 1. The molecular weight excluding hydrogens is 256 g/mol. The number of nitrogens with one attached hydrogen (secondary N) is 1. The summed E-state index contributed by atoms with van der Waals surface area (Å²) in [5, 5.41) is 23.0. The minimum Gasteiger partial charge on any atom is -0.409 e. The quantitative estimate of drug-likeness (QED) is 0.311. The molecule has 1 heterocycles. The molecule has 0 spiro atoms. The summed E-state index contributed by atoms with van der Waals surface area (Å²) in [5.74, 6) is 0.993. The lowest BCUT2D eigenvalue weighted by molar-refractivity contribution is 0.318. The summed E-state index contributed by atoms with van der Waals surface area (Å²) in [7, 11) is 0. The summed E-state index contributed by atoms with van der Waals surface area (Å²) in [6.07, 6.45) is 1.71. The molecule has 2 rings (SSSR count). The van der Waals surface area contributed by atoms with Crippen molar-refractivity contribution in [2.75, 3.05) is 0 Å².